The van der Waals surface area contributed by atoms with Gasteiger partial charge in [0.25, 0.3) is 0 Å². The van der Waals surface area contributed by atoms with Gasteiger partial charge in [0.05, 0.1) is 18.1 Å². The molecule has 0 saturated carbocycles. The minimum atomic E-state index is -0.999. The summed E-state index contributed by atoms with van der Waals surface area (Å²) in [4.78, 5) is 22.3. The Labute approximate surface area is 120 Å². The maximum Gasteiger partial charge on any atom is 0.325 e. The highest BCUT2D eigenvalue weighted by Gasteiger charge is 2.08. The lowest BCUT2D eigenvalue weighted by molar-refractivity contribution is -0.137. The van der Waals surface area contributed by atoms with Crippen LogP contribution in [0.25, 0.3) is 0 Å². The van der Waals surface area contributed by atoms with Crippen LogP contribution in [0.2, 0.25) is 0 Å². The van der Waals surface area contributed by atoms with Crippen molar-refractivity contribution in [3.8, 4) is 0 Å². The molecule has 0 bridgehead atoms. The van der Waals surface area contributed by atoms with Crippen LogP contribution in [-0.2, 0) is 24.9 Å². The predicted molar refractivity (Wildman–Crippen MR) is 73.7 cm³/mol. The topological polar surface area (TPSA) is 114 Å². The Morgan fingerprint density at radius 2 is 2.10 bits per heavy atom. The molecule has 21 heavy (non-hydrogen) atoms. The van der Waals surface area contributed by atoms with Gasteiger partial charge < -0.3 is 15.7 Å². The van der Waals surface area contributed by atoms with Gasteiger partial charge in [-0.25, -0.2) is 4.79 Å². The zero-order chi connectivity index (χ0) is 15.4. The molecule has 0 unspecified atom stereocenters. The van der Waals surface area contributed by atoms with E-state index >= 15 is 0 Å². The highest BCUT2D eigenvalue weighted by Crippen LogP contribution is 2.06. The second kappa shape index (κ2) is 6.07. The Morgan fingerprint density at radius 3 is 2.71 bits per heavy atom. The normalized spacial score (nSPS) is 10.4. The molecule has 0 radical (unpaired) electrons. The van der Waals surface area contributed by atoms with Gasteiger partial charge in [-0.3, -0.25) is 14.2 Å². The highest BCUT2D eigenvalue weighted by molar-refractivity contribution is 5.88. The Morgan fingerprint density at radius 1 is 1.33 bits per heavy atom. The zero-order valence-electron chi connectivity index (χ0n) is 11.7. The fourth-order valence-corrected chi connectivity index (χ4v) is 1.72. The molecule has 2 aromatic heterocycles. The van der Waals surface area contributed by atoms with Gasteiger partial charge in [-0.05, 0) is 6.92 Å². The van der Waals surface area contributed by atoms with E-state index in [1.165, 1.54) is 17.1 Å². The molecule has 2 aromatic rings. The van der Waals surface area contributed by atoms with E-state index in [1.807, 2.05) is 14.0 Å². The molecular weight excluding hydrogens is 276 g/mol. The summed E-state index contributed by atoms with van der Waals surface area (Å²) in [6, 6.07) is -0.395. The number of nitrogens with zero attached hydrogens (tertiary/aromatic N) is 4. The molecule has 0 aliphatic heterocycles. The van der Waals surface area contributed by atoms with Crippen LogP contribution in [0.1, 0.15) is 11.3 Å². The summed E-state index contributed by atoms with van der Waals surface area (Å²) in [5.74, 6) is -0.999. The van der Waals surface area contributed by atoms with Crippen LogP contribution >= 0.6 is 0 Å². The molecule has 0 aliphatic rings. The van der Waals surface area contributed by atoms with Crippen molar-refractivity contribution >= 4 is 17.7 Å². The van der Waals surface area contributed by atoms with E-state index < -0.39 is 12.0 Å². The number of carboxylic acid groups (broad SMARTS) is 1. The summed E-state index contributed by atoms with van der Waals surface area (Å²) in [5, 5.41) is 21.8. The maximum absolute atomic E-state index is 11.7. The van der Waals surface area contributed by atoms with E-state index in [0.29, 0.717) is 12.2 Å². The fourth-order valence-electron chi connectivity index (χ4n) is 1.72. The zero-order valence-corrected chi connectivity index (χ0v) is 11.7. The van der Waals surface area contributed by atoms with E-state index in [1.54, 1.807) is 10.9 Å². The average Bonchev–Trinajstić information content (AvgIpc) is 2.96. The van der Waals surface area contributed by atoms with E-state index in [2.05, 4.69) is 20.8 Å². The molecule has 0 atom stereocenters. The second-order valence-corrected chi connectivity index (χ2v) is 4.51. The van der Waals surface area contributed by atoms with Gasteiger partial charge in [-0.1, -0.05) is 0 Å². The lowest BCUT2D eigenvalue weighted by Gasteiger charge is -2.05. The first kappa shape index (κ1) is 14.6. The highest BCUT2D eigenvalue weighted by atomic mass is 16.4. The van der Waals surface area contributed by atoms with E-state index in [4.69, 9.17) is 5.11 Å². The van der Waals surface area contributed by atoms with Crippen molar-refractivity contribution in [2.75, 3.05) is 5.32 Å². The summed E-state index contributed by atoms with van der Waals surface area (Å²) < 4.78 is 2.95. The number of carbonyl (C=O) groups is 2. The summed E-state index contributed by atoms with van der Waals surface area (Å²) in [6.07, 6.45) is 4.53. The Hall–Kier alpha value is -2.84. The number of urea groups is 1. The second-order valence-electron chi connectivity index (χ2n) is 4.51. The van der Waals surface area contributed by atoms with Crippen molar-refractivity contribution in [1.29, 1.82) is 0 Å². The number of aromatic nitrogens is 4. The van der Waals surface area contributed by atoms with Crippen LogP contribution in [0.5, 0.6) is 0 Å². The minimum absolute atomic E-state index is 0.252. The van der Waals surface area contributed by atoms with Crippen LogP contribution in [-0.4, -0.2) is 36.7 Å². The Kier molecular flexibility index (Phi) is 4.21. The molecule has 2 rings (SSSR count). The van der Waals surface area contributed by atoms with Crippen molar-refractivity contribution in [3.63, 3.8) is 0 Å². The third-order valence-corrected chi connectivity index (χ3v) is 2.96. The Bertz CT molecular complexity index is 660. The van der Waals surface area contributed by atoms with Gasteiger partial charge in [-0.2, -0.15) is 10.2 Å². The largest absolute Gasteiger partial charge is 0.480 e. The third kappa shape index (κ3) is 3.81. The van der Waals surface area contributed by atoms with Crippen molar-refractivity contribution in [3.05, 3.63) is 29.8 Å². The molecule has 112 valence electrons. The van der Waals surface area contributed by atoms with E-state index in [9.17, 15) is 9.59 Å². The van der Waals surface area contributed by atoms with Crippen LogP contribution in [0.3, 0.4) is 0 Å². The first-order valence-corrected chi connectivity index (χ1v) is 6.22. The van der Waals surface area contributed by atoms with Gasteiger partial charge >= 0.3 is 12.0 Å². The third-order valence-electron chi connectivity index (χ3n) is 2.96. The number of hydrogen-bond donors (Lipinski definition) is 3. The molecule has 3 N–H and O–H groups in total. The molecule has 2 heterocycles. The van der Waals surface area contributed by atoms with E-state index in [-0.39, 0.29) is 6.54 Å². The fraction of sp³-hybridized carbons (Fsp3) is 0.333. The number of aliphatic carboxylic acids is 1. The molecule has 2 amide bonds. The molecule has 0 fully saturated rings. The average molecular weight is 292 g/mol. The van der Waals surface area contributed by atoms with Crippen molar-refractivity contribution in [1.82, 2.24) is 24.9 Å². The number of rotatable bonds is 5. The predicted octanol–water partition coefficient (Wildman–Crippen LogP) is 0.331. The number of amides is 2. The standard InChI is InChI=1S/C12H16N6O3/c1-8-9(4-14-17(8)2)3-13-12(21)16-10-5-15-18(6-10)7-11(19)20/h4-6H,3,7H2,1-2H3,(H,19,20)(H2,13,16,21). The lowest BCUT2D eigenvalue weighted by atomic mass is 10.2. The monoisotopic (exact) mass is 292 g/mol. The van der Waals surface area contributed by atoms with Crippen LogP contribution in [0, 0.1) is 6.92 Å². The molecule has 0 saturated heterocycles. The van der Waals surface area contributed by atoms with Crippen LogP contribution in [0.4, 0.5) is 10.5 Å². The molecule has 0 aliphatic carbocycles. The van der Waals surface area contributed by atoms with Gasteiger partial charge in [0.2, 0.25) is 0 Å². The number of hydrogen-bond acceptors (Lipinski definition) is 4. The minimum Gasteiger partial charge on any atom is -0.480 e. The van der Waals surface area contributed by atoms with Gasteiger partial charge in [-0.15, -0.1) is 0 Å². The van der Waals surface area contributed by atoms with Gasteiger partial charge in [0.15, 0.2) is 0 Å². The SMILES string of the molecule is Cc1c(CNC(=O)Nc2cnn(CC(=O)O)c2)cnn1C. The van der Waals surface area contributed by atoms with Crippen molar-refractivity contribution in [2.45, 2.75) is 20.0 Å². The van der Waals surface area contributed by atoms with E-state index in [0.717, 1.165) is 11.3 Å². The summed E-state index contributed by atoms with van der Waals surface area (Å²) in [7, 11) is 1.83. The van der Waals surface area contributed by atoms with Crippen molar-refractivity contribution in [2.24, 2.45) is 7.05 Å². The summed E-state index contributed by atoms with van der Waals surface area (Å²) in [6.45, 7) is 2.02. The van der Waals surface area contributed by atoms with Gasteiger partial charge in [0, 0.05) is 31.0 Å². The number of carbonyl (C=O) groups excluding carboxylic acids is 1. The smallest absolute Gasteiger partial charge is 0.325 e. The molecule has 9 heteroatoms. The number of aryl methyl sites for hydroxylation is 1. The molecule has 9 nitrogen and oxygen atoms in total. The van der Waals surface area contributed by atoms with Crippen LogP contribution < -0.4 is 10.6 Å². The molecular formula is C12H16N6O3. The maximum atomic E-state index is 11.7. The number of nitrogens with one attached hydrogen (secondary N) is 2. The summed E-state index contributed by atoms with van der Waals surface area (Å²) in [5.41, 5.74) is 2.33. The number of carboxylic acids is 1. The van der Waals surface area contributed by atoms with Crippen molar-refractivity contribution < 1.29 is 14.7 Å². The summed E-state index contributed by atoms with van der Waals surface area (Å²) >= 11 is 0. The quantitative estimate of drug-likeness (QED) is 0.735. The first-order valence-electron chi connectivity index (χ1n) is 6.22. The molecule has 0 spiro atoms. The molecule has 0 aromatic carbocycles. The first-order chi connectivity index (χ1) is 9.95. The lowest BCUT2D eigenvalue weighted by Crippen LogP contribution is -2.28. The Balaban J connectivity index is 1.85. The number of anilines is 1. The van der Waals surface area contributed by atoms with Crippen LogP contribution in [0.15, 0.2) is 18.6 Å². The van der Waals surface area contributed by atoms with Gasteiger partial charge in [0.1, 0.15) is 6.54 Å².